The number of aliphatic carboxylic acids is 1. The highest BCUT2D eigenvalue weighted by Crippen LogP contribution is 2.55. The molecule has 1 heterocycles. The number of hydrogen-bond donors (Lipinski definition) is 1. The van der Waals surface area contributed by atoms with E-state index in [4.69, 9.17) is 0 Å². The van der Waals surface area contributed by atoms with Crippen LogP contribution >= 0.6 is 11.8 Å². The maximum Gasteiger partial charge on any atom is 0.303 e. The van der Waals surface area contributed by atoms with Crippen molar-refractivity contribution in [1.82, 2.24) is 5.01 Å². The molecule has 0 fully saturated rings. The van der Waals surface area contributed by atoms with E-state index in [9.17, 15) is 23.5 Å². The summed E-state index contributed by atoms with van der Waals surface area (Å²) in [5.74, 6) is -3.25. The molecule has 0 aliphatic carbocycles. The third-order valence-corrected chi connectivity index (χ3v) is 6.75. The molecule has 1 aliphatic rings. The number of halogens is 2. The molecule has 0 saturated heterocycles. The summed E-state index contributed by atoms with van der Waals surface area (Å²) in [6.45, 7) is 9.03. The van der Waals surface area contributed by atoms with Crippen molar-refractivity contribution in [1.29, 1.82) is 0 Å². The Bertz CT molecular complexity index is 1030. The Balaban J connectivity index is 0.00000176. The number of rotatable bonds is 6. The summed E-state index contributed by atoms with van der Waals surface area (Å²) >= 11 is 1.10. The first-order chi connectivity index (χ1) is 15.2. The van der Waals surface area contributed by atoms with Crippen LogP contribution in [0.3, 0.4) is 0 Å². The molecule has 3 rings (SSSR count). The van der Waals surface area contributed by atoms with E-state index in [1.807, 2.05) is 45.9 Å². The van der Waals surface area contributed by atoms with Gasteiger partial charge in [0.2, 0.25) is 5.91 Å². The van der Waals surface area contributed by atoms with Crippen LogP contribution in [0.1, 0.15) is 57.2 Å². The number of thioether (sulfide) groups is 1. The van der Waals surface area contributed by atoms with Gasteiger partial charge in [-0.1, -0.05) is 56.8 Å². The molecule has 2 aromatic carbocycles. The Morgan fingerprint density at radius 3 is 2.41 bits per heavy atom. The molecule has 0 aromatic heterocycles. The molecule has 32 heavy (non-hydrogen) atoms. The molecule has 2 atom stereocenters. The Morgan fingerprint density at radius 1 is 1.19 bits per heavy atom. The second kappa shape index (κ2) is 10.7. The van der Waals surface area contributed by atoms with Crippen LogP contribution in [0.2, 0.25) is 0 Å². The number of nitrogens with zero attached hydrogens (tertiary/aromatic N) is 2. The highest BCUT2D eigenvalue weighted by Gasteiger charge is 2.53. The first kappa shape index (κ1) is 25.5. The Hall–Kier alpha value is -2.74. The van der Waals surface area contributed by atoms with Crippen LogP contribution in [0.5, 0.6) is 0 Å². The quantitative estimate of drug-likeness (QED) is 0.579. The van der Waals surface area contributed by atoms with Gasteiger partial charge in [0.25, 0.3) is 0 Å². The average Bonchev–Trinajstić information content (AvgIpc) is 3.17. The normalized spacial score (nSPS) is 18.5. The van der Waals surface area contributed by atoms with Crippen LogP contribution in [0.15, 0.2) is 47.6 Å². The van der Waals surface area contributed by atoms with Crippen molar-refractivity contribution in [2.75, 3.05) is 0 Å². The number of amides is 1. The largest absolute Gasteiger partial charge is 0.481 e. The summed E-state index contributed by atoms with van der Waals surface area (Å²) in [4.78, 5) is 23.1. The van der Waals surface area contributed by atoms with Crippen LogP contribution in [0, 0.1) is 24.5 Å². The third kappa shape index (κ3) is 4.85. The van der Waals surface area contributed by atoms with Crippen LogP contribution < -0.4 is 0 Å². The van der Waals surface area contributed by atoms with E-state index in [2.05, 4.69) is 5.10 Å². The number of aryl methyl sites for hydroxylation is 1. The van der Waals surface area contributed by atoms with E-state index in [-0.39, 0.29) is 17.0 Å². The molecule has 172 valence electrons. The van der Waals surface area contributed by atoms with E-state index >= 15 is 0 Å². The lowest BCUT2D eigenvalue weighted by atomic mass is 9.85. The third-order valence-electron chi connectivity index (χ3n) is 5.21. The molecular formula is C24H28F2N2O3S. The van der Waals surface area contributed by atoms with Crippen molar-refractivity contribution in [2.24, 2.45) is 11.0 Å². The number of carboxylic acid groups (broad SMARTS) is 1. The second-order valence-electron chi connectivity index (χ2n) is 7.18. The fourth-order valence-electron chi connectivity index (χ4n) is 3.84. The van der Waals surface area contributed by atoms with Gasteiger partial charge in [-0.15, -0.1) is 0 Å². The summed E-state index contributed by atoms with van der Waals surface area (Å²) in [6.07, 6.45) is 0.224. The van der Waals surface area contributed by atoms with Crippen molar-refractivity contribution in [3.05, 3.63) is 70.8 Å². The number of carbonyl (C=O) groups is 2. The van der Waals surface area contributed by atoms with Gasteiger partial charge in [0.05, 0.1) is 6.42 Å². The lowest BCUT2D eigenvalue weighted by molar-refractivity contribution is -0.142. The predicted octanol–water partition coefficient (Wildman–Crippen LogP) is 5.91. The van der Waals surface area contributed by atoms with Crippen LogP contribution in [-0.4, -0.2) is 27.0 Å². The summed E-state index contributed by atoms with van der Waals surface area (Å²) in [7, 11) is 0. The van der Waals surface area contributed by atoms with Crippen molar-refractivity contribution in [3.8, 4) is 0 Å². The minimum absolute atomic E-state index is 0.0631. The SMILES string of the molecule is CC.CCC(CC(=O)O)C1(c2ccccc2C)SC(c2cc(F)ccc2F)=NN1C(C)=O. The zero-order chi connectivity index (χ0) is 24.1. The number of hydrazone groups is 1. The molecule has 1 N–H and O–H groups in total. The van der Waals surface area contributed by atoms with Crippen molar-refractivity contribution < 1.29 is 23.5 Å². The number of carbonyl (C=O) groups excluding carboxylic acids is 1. The van der Waals surface area contributed by atoms with Crippen molar-refractivity contribution >= 4 is 28.7 Å². The van der Waals surface area contributed by atoms with E-state index < -0.39 is 34.3 Å². The van der Waals surface area contributed by atoms with Crippen LogP contribution in [0.4, 0.5) is 8.78 Å². The van der Waals surface area contributed by atoms with Gasteiger partial charge in [-0.25, -0.2) is 13.8 Å². The molecule has 1 amide bonds. The zero-order valence-corrected chi connectivity index (χ0v) is 19.7. The fraction of sp³-hybridized carbons (Fsp3) is 0.375. The van der Waals surface area contributed by atoms with Gasteiger partial charge in [0, 0.05) is 18.4 Å². The average molecular weight is 463 g/mol. The molecular weight excluding hydrogens is 434 g/mol. The number of carboxylic acids is 1. The molecule has 0 radical (unpaired) electrons. The lowest BCUT2D eigenvalue weighted by Crippen LogP contribution is -2.47. The van der Waals surface area contributed by atoms with Gasteiger partial charge in [-0.05, 0) is 42.7 Å². The first-order valence-corrected chi connectivity index (χ1v) is 11.3. The summed E-state index contributed by atoms with van der Waals surface area (Å²) < 4.78 is 28.4. The molecule has 1 aliphatic heterocycles. The molecule has 0 bridgehead atoms. The molecule has 8 heteroatoms. The zero-order valence-electron chi connectivity index (χ0n) is 18.9. The fourth-order valence-corrected chi connectivity index (χ4v) is 5.54. The van der Waals surface area contributed by atoms with E-state index in [1.54, 1.807) is 6.07 Å². The second-order valence-corrected chi connectivity index (χ2v) is 8.39. The minimum atomic E-state index is -1.20. The van der Waals surface area contributed by atoms with Crippen LogP contribution in [-0.2, 0) is 14.5 Å². The Kier molecular flexibility index (Phi) is 8.55. The summed E-state index contributed by atoms with van der Waals surface area (Å²) in [5, 5.41) is 15.3. The smallest absolute Gasteiger partial charge is 0.303 e. The minimum Gasteiger partial charge on any atom is -0.481 e. The van der Waals surface area contributed by atoms with E-state index in [1.165, 1.54) is 11.9 Å². The monoisotopic (exact) mass is 462 g/mol. The van der Waals surface area contributed by atoms with Crippen LogP contribution in [0.25, 0.3) is 0 Å². The first-order valence-electron chi connectivity index (χ1n) is 10.5. The lowest BCUT2D eigenvalue weighted by Gasteiger charge is -2.41. The molecule has 0 spiro atoms. The van der Waals surface area contributed by atoms with E-state index in [0.29, 0.717) is 12.0 Å². The highest BCUT2D eigenvalue weighted by atomic mass is 32.2. The number of benzene rings is 2. The summed E-state index contributed by atoms with van der Waals surface area (Å²) in [6, 6.07) is 10.4. The van der Waals surface area contributed by atoms with Gasteiger partial charge in [0.1, 0.15) is 21.5 Å². The maximum absolute atomic E-state index is 14.5. The number of hydrogen-bond acceptors (Lipinski definition) is 4. The van der Waals surface area contributed by atoms with Gasteiger partial charge in [-0.2, -0.15) is 5.10 Å². The molecule has 0 saturated carbocycles. The van der Waals surface area contributed by atoms with Crippen molar-refractivity contribution in [3.63, 3.8) is 0 Å². The van der Waals surface area contributed by atoms with Gasteiger partial charge in [-0.3, -0.25) is 9.59 Å². The van der Waals surface area contributed by atoms with Gasteiger partial charge in [0.15, 0.2) is 0 Å². The topological polar surface area (TPSA) is 70.0 Å². The standard InChI is InChI=1S/C22H22F2N2O3S.C2H6/c1-4-15(11-20(28)29)22(18-8-6-5-7-13(18)2)26(14(3)27)25-21(30-22)17-12-16(23)9-10-19(17)24;1-2/h5-10,12,15H,4,11H2,1-3H3,(H,28,29);1-2H3. The highest BCUT2D eigenvalue weighted by molar-refractivity contribution is 8.15. The summed E-state index contributed by atoms with van der Waals surface area (Å²) in [5.41, 5.74) is 1.50. The molecule has 2 unspecified atom stereocenters. The molecule has 2 aromatic rings. The predicted molar refractivity (Wildman–Crippen MR) is 123 cm³/mol. The Morgan fingerprint density at radius 2 is 1.84 bits per heavy atom. The Labute approximate surface area is 191 Å². The van der Waals surface area contributed by atoms with Crippen molar-refractivity contribution in [2.45, 2.75) is 52.3 Å². The molecule has 5 nitrogen and oxygen atoms in total. The van der Waals surface area contributed by atoms with Gasteiger partial charge < -0.3 is 5.11 Å². The maximum atomic E-state index is 14.5. The van der Waals surface area contributed by atoms with Gasteiger partial charge >= 0.3 is 5.97 Å². The van der Waals surface area contributed by atoms with E-state index in [0.717, 1.165) is 35.5 Å².